The third-order valence-corrected chi connectivity index (χ3v) is 2.23. The molecule has 60 valence electrons. The first-order chi connectivity index (χ1) is 4.83. The molecule has 0 unspecified atom stereocenters. The van der Waals surface area contributed by atoms with Gasteiger partial charge in [-0.2, -0.15) is 0 Å². The Morgan fingerprint density at radius 3 is 1.60 bits per heavy atom. The molecule has 0 fully saturated rings. The second-order valence-corrected chi connectivity index (χ2v) is 4.37. The van der Waals surface area contributed by atoms with Crippen LogP contribution < -0.4 is 5.11 Å². The van der Waals surface area contributed by atoms with E-state index in [4.69, 9.17) is 0 Å². The Balaban J connectivity index is 0. The van der Waals surface area contributed by atoms with E-state index in [9.17, 15) is 5.11 Å². The van der Waals surface area contributed by atoms with Crippen LogP contribution in [0.3, 0.4) is 0 Å². The molecule has 0 saturated carbocycles. The van der Waals surface area contributed by atoms with Gasteiger partial charge in [-0.3, -0.25) is 0 Å². The van der Waals surface area contributed by atoms with Crippen molar-refractivity contribution < 1.29 is 5.11 Å². The molecule has 2 heteroatoms. The van der Waals surface area contributed by atoms with Crippen LogP contribution in [-0.2, 0) is 0 Å². The van der Waals surface area contributed by atoms with E-state index >= 15 is 0 Å². The molecule has 0 spiro atoms. The zero-order chi connectivity index (χ0) is 8.24. The van der Waals surface area contributed by atoms with Gasteiger partial charge in [0, 0.05) is 0 Å². The fraction of sp³-hybridized carbons (Fsp3) is 1.00. The molecule has 0 aliphatic rings. The molecule has 0 radical (unpaired) electrons. The predicted molar refractivity (Wildman–Crippen MR) is 46.5 cm³/mol. The summed E-state index contributed by atoms with van der Waals surface area (Å²) < 4.78 is 0. The van der Waals surface area contributed by atoms with Crippen LogP contribution >= 0.6 is 0 Å². The summed E-state index contributed by atoms with van der Waals surface area (Å²) in [5.41, 5.74) is 0. The van der Waals surface area contributed by atoms with Crippen LogP contribution in [0.15, 0.2) is 0 Å². The molecule has 0 bridgehead atoms. The van der Waals surface area contributed by atoms with Crippen LogP contribution in [-0.4, -0.2) is 21.8 Å². The van der Waals surface area contributed by atoms with Crippen molar-refractivity contribution in [2.45, 2.75) is 44.2 Å². The molecule has 0 N–H and O–H groups in total. The third-order valence-electron chi connectivity index (χ3n) is 1.08. The maximum absolute atomic E-state index is 9.53. The Bertz CT molecular complexity index is 30.2. The average molecular weight is 158 g/mol. The number of unbranched alkanes of at least 4 members (excludes halogenated alkanes) is 1. The summed E-state index contributed by atoms with van der Waals surface area (Å²) in [6, 6.07) is 0. The first-order valence-corrected chi connectivity index (χ1v) is 5.86. The molecule has 0 aliphatic heterocycles. The average Bonchev–Trinajstić information content (AvgIpc) is 1.93. The van der Waals surface area contributed by atoms with Crippen molar-refractivity contribution >= 4 is 15.2 Å². The first-order valence-electron chi connectivity index (χ1n) is 4.23. The van der Waals surface area contributed by atoms with E-state index in [0.29, 0.717) is 0 Å². The van der Waals surface area contributed by atoms with E-state index in [1.54, 1.807) is 0 Å². The van der Waals surface area contributed by atoms with Crippen molar-refractivity contribution in [3.8, 4) is 0 Å². The maximum atomic E-state index is 9.53. The van der Waals surface area contributed by atoms with Gasteiger partial charge in [-0.1, -0.05) is 19.8 Å². The molecular weight excluding hydrogens is 139 g/mol. The number of hydrogen-bond acceptors (Lipinski definition) is 1. The van der Waals surface area contributed by atoms with Gasteiger partial charge in [0.05, 0.1) is 0 Å². The summed E-state index contributed by atoms with van der Waals surface area (Å²) >= 11 is 0.815. The molecule has 0 amide bonds. The molecule has 0 saturated heterocycles. The van der Waals surface area contributed by atoms with E-state index in [0.717, 1.165) is 28.1 Å². The van der Waals surface area contributed by atoms with Crippen LogP contribution in [0.5, 0.6) is 0 Å². The summed E-state index contributed by atoms with van der Waals surface area (Å²) in [5, 5.41) is 12.4. The van der Waals surface area contributed by atoms with Gasteiger partial charge in [0.1, 0.15) is 0 Å². The Labute approximate surface area is 71.5 Å². The Kier molecular flexibility index (Phi) is 21.3. The normalized spacial score (nSPS) is 7.60. The summed E-state index contributed by atoms with van der Waals surface area (Å²) in [4.78, 5) is 0. The van der Waals surface area contributed by atoms with Gasteiger partial charge in [0.15, 0.2) is 0 Å². The van der Waals surface area contributed by atoms with Crippen molar-refractivity contribution in [3.05, 3.63) is 0 Å². The van der Waals surface area contributed by atoms with Crippen LogP contribution in [0.25, 0.3) is 0 Å². The van der Waals surface area contributed by atoms with Crippen molar-refractivity contribution in [3.63, 3.8) is 0 Å². The first kappa shape index (κ1) is 13.1. The van der Waals surface area contributed by atoms with Crippen LogP contribution in [0.2, 0.25) is 10.6 Å². The van der Waals surface area contributed by atoms with E-state index in [2.05, 4.69) is 13.8 Å². The summed E-state index contributed by atoms with van der Waals surface area (Å²) in [7, 11) is 0. The van der Waals surface area contributed by atoms with E-state index in [1.165, 1.54) is 10.6 Å². The van der Waals surface area contributed by atoms with E-state index in [1.807, 2.05) is 6.92 Å². The molecule has 0 rings (SSSR count). The molecular formula is C8H19AlO. The number of rotatable bonds is 4. The van der Waals surface area contributed by atoms with Gasteiger partial charge in [-0.25, -0.2) is 0 Å². The minimum absolute atomic E-state index is 0.0938. The topological polar surface area (TPSA) is 23.1 Å². The standard InChI is InChI=1S/C4H9O.2C2H5.Al/c1-2-3-4-5;2*1-2;/h2-4H2,1H3;2*1H2,2H3;/q-1;;;+1. The minimum atomic E-state index is 0.0938. The van der Waals surface area contributed by atoms with E-state index in [-0.39, 0.29) is 6.61 Å². The monoisotopic (exact) mass is 158 g/mol. The third kappa shape index (κ3) is 23.6. The summed E-state index contributed by atoms with van der Waals surface area (Å²) in [6.07, 6.45) is 1.86. The molecule has 0 aliphatic carbocycles. The van der Waals surface area contributed by atoms with Gasteiger partial charge < -0.3 is 5.11 Å². The van der Waals surface area contributed by atoms with Gasteiger partial charge in [-0.15, -0.1) is 6.61 Å². The van der Waals surface area contributed by atoms with Gasteiger partial charge in [0.25, 0.3) is 0 Å². The Morgan fingerprint density at radius 1 is 1.10 bits per heavy atom. The Morgan fingerprint density at radius 2 is 1.60 bits per heavy atom. The summed E-state index contributed by atoms with van der Waals surface area (Å²) in [5.74, 6) is 0. The summed E-state index contributed by atoms with van der Waals surface area (Å²) in [6.45, 7) is 6.60. The van der Waals surface area contributed by atoms with Crippen molar-refractivity contribution in [2.75, 3.05) is 6.61 Å². The van der Waals surface area contributed by atoms with Crippen LogP contribution in [0.4, 0.5) is 0 Å². The van der Waals surface area contributed by atoms with Crippen molar-refractivity contribution in [1.82, 2.24) is 0 Å². The number of hydrogen-bond donors (Lipinski definition) is 0. The molecule has 1 nitrogen and oxygen atoms in total. The predicted octanol–water partition coefficient (Wildman–Crippen LogP) is 1.71. The molecule has 0 aromatic heterocycles. The Hall–Kier alpha value is 0.492. The second kappa shape index (κ2) is 16.2. The van der Waals surface area contributed by atoms with Crippen LogP contribution in [0, 0.1) is 0 Å². The van der Waals surface area contributed by atoms with Gasteiger partial charge in [-0.05, 0) is 0 Å². The molecule has 0 atom stereocenters. The van der Waals surface area contributed by atoms with Crippen molar-refractivity contribution in [2.24, 2.45) is 0 Å². The fourth-order valence-corrected chi connectivity index (χ4v) is 1.01. The SMILES string of the molecule is CCCC[O-].C[CH2][Al+][CH2]C. The van der Waals surface area contributed by atoms with Gasteiger partial charge >= 0.3 is 39.6 Å². The van der Waals surface area contributed by atoms with Crippen LogP contribution in [0.1, 0.15) is 33.6 Å². The van der Waals surface area contributed by atoms with E-state index < -0.39 is 0 Å². The quantitative estimate of drug-likeness (QED) is 0.571. The molecule has 10 heavy (non-hydrogen) atoms. The van der Waals surface area contributed by atoms with Gasteiger partial charge in [0.2, 0.25) is 0 Å². The molecule has 0 aromatic rings. The molecule has 0 aromatic carbocycles. The van der Waals surface area contributed by atoms with Crippen molar-refractivity contribution in [1.29, 1.82) is 0 Å². The zero-order valence-corrected chi connectivity index (χ0v) is 8.68. The second-order valence-electron chi connectivity index (χ2n) is 2.16. The molecule has 0 heterocycles. The zero-order valence-electron chi connectivity index (χ0n) is 7.52. The fourth-order valence-electron chi connectivity index (χ4n) is 0.433.